The number of imide groups is 1. The van der Waals surface area contributed by atoms with Gasteiger partial charge in [0.05, 0.1) is 12.3 Å². The molecule has 0 bridgehead atoms. The molecule has 1 aliphatic rings. The lowest BCUT2D eigenvalue weighted by Crippen LogP contribution is -2.42. The van der Waals surface area contributed by atoms with Crippen LogP contribution in [0.1, 0.15) is 25.6 Å². The number of amides is 4. The number of carbonyl (C=O) groups is 3. The van der Waals surface area contributed by atoms with Crippen LogP contribution in [0.2, 0.25) is 0 Å². The number of carbonyl (C=O) groups excluding carboxylic acids is 3. The van der Waals surface area contributed by atoms with Gasteiger partial charge in [0.15, 0.2) is 0 Å². The fourth-order valence-electron chi connectivity index (χ4n) is 2.85. The number of furan rings is 1. The number of rotatable bonds is 5. The minimum absolute atomic E-state index is 0.393. The van der Waals surface area contributed by atoms with Crippen LogP contribution in [0.5, 0.6) is 0 Å². The molecule has 136 valence electrons. The number of hydrogen-bond donors (Lipinski definition) is 1. The third-order valence-electron chi connectivity index (χ3n) is 4.20. The summed E-state index contributed by atoms with van der Waals surface area (Å²) in [6.07, 6.45) is 1.49. The number of nitrogens with zero attached hydrogens (tertiary/aromatic N) is 2. The summed E-state index contributed by atoms with van der Waals surface area (Å²) in [7, 11) is 0. The summed E-state index contributed by atoms with van der Waals surface area (Å²) in [5, 5.41) is 2.68. The molecular formula is C18H18FN3O4. The van der Waals surface area contributed by atoms with E-state index in [-0.39, 0.29) is 0 Å². The van der Waals surface area contributed by atoms with Crippen molar-refractivity contribution in [3.05, 3.63) is 54.2 Å². The molecule has 1 fully saturated rings. The van der Waals surface area contributed by atoms with Crippen molar-refractivity contribution in [3.8, 4) is 0 Å². The van der Waals surface area contributed by atoms with E-state index in [0.29, 0.717) is 11.4 Å². The number of anilines is 1. The molecular weight excluding hydrogens is 341 g/mol. The third kappa shape index (κ3) is 3.30. The van der Waals surface area contributed by atoms with Crippen LogP contribution in [0.15, 0.2) is 47.1 Å². The van der Waals surface area contributed by atoms with E-state index >= 15 is 0 Å². The Hall–Kier alpha value is -3.16. The Labute approximate surface area is 149 Å². The van der Waals surface area contributed by atoms with Gasteiger partial charge < -0.3 is 9.73 Å². The van der Waals surface area contributed by atoms with Crippen LogP contribution in [0.3, 0.4) is 0 Å². The molecule has 1 aliphatic heterocycles. The van der Waals surface area contributed by atoms with E-state index in [1.54, 1.807) is 26.0 Å². The first-order valence-corrected chi connectivity index (χ1v) is 8.11. The Morgan fingerprint density at radius 1 is 1.27 bits per heavy atom. The number of urea groups is 1. The fraction of sp³-hybridized carbons (Fsp3) is 0.278. The van der Waals surface area contributed by atoms with Crippen molar-refractivity contribution >= 4 is 23.5 Å². The maximum Gasteiger partial charge on any atom is 0.332 e. The van der Waals surface area contributed by atoms with Crippen molar-refractivity contribution in [2.75, 3.05) is 11.4 Å². The van der Waals surface area contributed by atoms with Gasteiger partial charge in [-0.25, -0.2) is 9.18 Å². The zero-order valence-electron chi connectivity index (χ0n) is 14.3. The van der Waals surface area contributed by atoms with E-state index in [1.165, 1.54) is 35.4 Å². The summed E-state index contributed by atoms with van der Waals surface area (Å²) in [5.41, 5.74) is 0.393. The molecule has 8 heteroatoms. The Bertz CT molecular complexity index is 819. The van der Waals surface area contributed by atoms with Crippen molar-refractivity contribution in [1.82, 2.24) is 10.2 Å². The van der Waals surface area contributed by atoms with E-state index in [0.717, 1.165) is 4.90 Å². The average molecular weight is 359 g/mol. The highest BCUT2D eigenvalue weighted by atomic mass is 19.1. The number of benzene rings is 1. The fourth-order valence-corrected chi connectivity index (χ4v) is 2.85. The predicted octanol–water partition coefficient (Wildman–Crippen LogP) is 2.45. The van der Waals surface area contributed by atoms with Gasteiger partial charge in [-0.05, 0) is 50.2 Å². The van der Waals surface area contributed by atoms with Gasteiger partial charge in [-0.15, -0.1) is 0 Å². The molecule has 0 aliphatic carbocycles. The molecule has 0 radical (unpaired) electrons. The summed E-state index contributed by atoms with van der Waals surface area (Å²) in [6.45, 7) is 2.90. The number of nitrogens with one attached hydrogen (secondary N) is 1. The molecule has 4 amide bonds. The van der Waals surface area contributed by atoms with Crippen LogP contribution in [0.4, 0.5) is 14.9 Å². The molecule has 2 aromatic rings. The molecule has 2 heterocycles. The van der Waals surface area contributed by atoms with Gasteiger partial charge in [-0.2, -0.15) is 0 Å². The highest BCUT2D eigenvalue weighted by Gasteiger charge is 2.44. The second kappa shape index (κ2) is 6.99. The maximum atomic E-state index is 13.1. The first-order valence-electron chi connectivity index (χ1n) is 8.11. The van der Waals surface area contributed by atoms with Gasteiger partial charge in [0.2, 0.25) is 5.91 Å². The van der Waals surface area contributed by atoms with Crippen LogP contribution in [-0.4, -0.2) is 35.3 Å². The van der Waals surface area contributed by atoms with E-state index in [4.69, 9.17) is 4.42 Å². The van der Waals surface area contributed by atoms with E-state index < -0.39 is 42.3 Å². The lowest BCUT2D eigenvalue weighted by Gasteiger charge is -2.19. The smallest absolute Gasteiger partial charge is 0.332 e. The SMILES string of the molecule is CC(NC(=O)CN1C(=O)C(C)N(c2ccc(F)cc2)C1=O)c1ccco1. The molecule has 26 heavy (non-hydrogen) atoms. The van der Waals surface area contributed by atoms with E-state index in [1.807, 2.05) is 0 Å². The molecule has 2 unspecified atom stereocenters. The van der Waals surface area contributed by atoms with Crippen LogP contribution in [0, 0.1) is 5.82 Å². The Morgan fingerprint density at radius 3 is 2.58 bits per heavy atom. The molecule has 2 atom stereocenters. The van der Waals surface area contributed by atoms with Crippen LogP contribution < -0.4 is 10.2 Å². The highest BCUT2D eigenvalue weighted by Crippen LogP contribution is 2.26. The Kier molecular flexibility index (Phi) is 4.75. The van der Waals surface area contributed by atoms with Gasteiger partial charge in [0, 0.05) is 5.69 Å². The van der Waals surface area contributed by atoms with Crippen molar-refractivity contribution in [2.24, 2.45) is 0 Å². The quantitative estimate of drug-likeness (QED) is 0.832. The second-order valence-corrected chi connectivity index (χ2v) is 6.03. The normalized spacial score (nSPS) is 18.3. The molecule has 1 saturated heterocycles. The van der Waals surface area contributed by atoms with Crippen LogP contribution in [0.25, 0.3) is 0 Å². The zero-order valence-corrected chi connectivity index (χ0v) is 14.3. The highest BCUT2D eigenvalue weighted by molar-refractivity contribution is 6.15. The largest absolute Gasteiger partial charge is 0.467 e. The van der Waals surface area contributed by atoms with Crippen molar-refractivity contribution < 1.29 is 23.2 Å². The molecule has 3 rings (SSSR count). The van der Waals surface area contributed by atoms with Gasteiger partial charge >= 0.3 is 6.03 Å². The molecule has 0 saturated carbocycles. The van der Waals surface area contributed by atoms with E-state index in [2.05, 4.69) is 5.32 Å². The molecule has 7 nitrogen and oxygen atoms in total. The number of halogens is 1. The number of hydrogen-bond acceptors (Lipinski definition) is 4. The van der Waals surface area contributed by atoms with Crippen LogP contribution >= 0.6 is 0 Å². The first kappa shape index (κ1) is 17.7. The summed E-state index contributed by atoms with van der Waals surface area (Å²) >= 11 is 0. The van der Waals surface area contributed by atoms with Gasteiger partial charge in [-0.1, -0.05) is 0 Å². The van der Waals surface area contributed by atoms with Gasteiger partial charge in [-0.3, -0.25) is 19.4 Å². The third-order valence-corrected chi connectivity index (χ3v) is 4.20. The molecule has 1 aromatic carbocycles. The summed E-state index contributed by atoms with van der Waals surface area (Å²) in [4.78, 5) is 39.4. The topological polar surface area (TPSA) is 82.9 Å². The van der Waals surface area contributed by atoms with Gasteiger partial charge in [0.1, 0.15) is 24.2 Å². The molecule has 1 N–H and O–H groups in total. The second-order valence-electron chi connectivity index (χ2n) is 6.03. The Morgan fingerprint density at radius 2 is 1.96 bits per heavy atom. The predicted molar refractivity (Wildman–Crippen MR) is 90.7 cm³/mol. The van der Waals surface area contributed by atoms with Crippen molar-refractivity contribution in [2.45, 2.75) is 25.9 Å². The van der Waals surface area contributed by atoms with Gasteiger partial charge in [0.25, 0.3) is 5.91 Å². The summed E-state index contributed by atoms with van der Waals surface area (Å²) < 4.78 is 18.3. The summed E-state index contributed by atoms with van der Waals surface area (Å²) in [5.74, 6) is -0.842. The Balaban J connectivity index is 1.70. The molecule has 1 aromatic heterocycles. The minimum Gasteiger partial charge on any atom is -0.467 e. The standard InChI is InChI=1S/C18H18FN3O4/c1-11(15-4-3-9-26-15)20-16(23)10-21-17(24)12(2)22(18(21)25)14-7-5-13(19)6-8-14/h3-9,11-12H,10H2,1-2H3,(H,20,23). The molecule has 0 spiro atoms. The first-order chi connectivity index (χ1) is 12.4. The van der Waals surface area contributed by atoms with Crippen molar-refractivity contribution in [3.63, 3.8) is 0 Å². The maximum absolute atomic E-state index is 13.1. The summed E-state index contributed by atoms with van der Waals surface area (Å²) in [6, 6.07) is 6.89. The monoisotopic (exact) mass is 359 g/mol. The van der Waals surface area contributed by atoms with Crippen molar-refractivity contribution in [1.29, 1.82) is 0 Å². The average Bonchev–Trinajstić information content (AvgIpc) is 3.21. The zero-order chi connectivity index (χ0) is 18.8. The van der Waals surface area contributed by atoms with Crippen LogP contribution in [-0.2, 0) is 9.59 Å². The lowest BCUT2D eigenvalue weighted by atomic mass is 10.2. The minimum atomic E-state index is -0.775. The van der Waals surface area contributed by atoms with E-state index in [9.17, 15) is 18.8 Å². The lowest BCUT2D eigenvalue weighted by molar-refractivity contribution is -0.132.